The summed E-state index contributed by atoms with van der Waals surface area (Å²) in [4.78, 5) is 0. The smallest absolute Gasteiger partial charge is 0.120 e. The van der Waals surface area contributed by atoms with Crippen molar-refractivity contribution in [1.29, 1.82) is 0 Å². The molecule has 0 bridgehead atoms. The van der Waals surface area contributed by atoms with Crippen LogP contribution < -0.4 is 10.5 Å². The maximum Gasteiger partial charge on any atom is 0.120 e. The van der Waals surface area contributed by atoms with Crippen LogP contribution in [0.4, 0.5) is 0 Å². The van der Waals surface area contributed by atoms with Crippen LogP contribution in [-0.2, 0) is 6.42 Å². The molecule has 90 valence electrons. The summed E-state index contributed by atoms with van der Waals surface area (Å²) >= 11 is 0. The lowest BCUT2D eigenvalue weighted by Gasteiger charge is -2.28. The number of aryl methyl sites for hydroxylation is 1. The van der Waals surface area contributed by atoms with Crippen LogP contribution >= 0.6 is 0 Å². The normalized spacial score (nSPS) is 13.6. The van der Waals surface area contributed by atoms with Crippen LogP contribution in [0, 0.1) is 0 Å². The molecule has 0 heterocycles. The van der Waals surface area contributed by atoms with Crippen molar-refractivity contribution in [3.05, 3.63) is 29.8 Å². The van der Waals surface area contributed by atoms with E-state index in [4.69, 9.17) is 10.5 Å². The highest BCUT2D eigenvalue weighted by Gasteiger charge is 2.21. The van der Waals surface area contributed by atoms with Gasteiger partial charge in [0.2, 0.25) is 0 Å². The zero-order valence-corrected chi connectivity index (χ0v) is 10.8. The van der Waals surface area contributed by atoms with Gasteiger partial charge in [-0.05, 0) is 44.9 Å². The second-order valence-electron chi connectivity index (χ2n) is 5.04. The fourth-order valence-electron chi connectivity index (χ4n) is 1.93. The SMILES string of the molecule is CCc1ccc(OC(C)(C)CC(C)N)cc1. The van der Waals surface area contributed by atoms with E-state index in [0.717, 1.165) is 18.6 Å². The highest BCUT2D eigenvalue weighted by Crippen LogP contribution is 2.22. The molecule has 0 aliphatic carbocycles. The second kappa shape index (κ2) is 5.35. The molecule has 16 heavy (non-hydrogen) atoms. The minimum Gasteiger partial charge on any atom is -0.488 e. The molecule has 0 aliphatic heterocycles. The Balaban J connectivity index is 2.64. The summed E-state index contributed by atoms with van der Waals surface area (Å²) in [5.74, 6) is 0.919. The van der Waals surface area contributed by atoms with Gasteiger partial charge in [-0.15, -0.1) is 0 Å². The van der Waals surface area contributed by atoms with E-state index in [2.05, 4.69) is 32.9 Å². The number of nitrogens with two attached hydrogens (primary N) is 1. The summed E-state index contributed by atoms with van der Waals surface area (Å²) in [7, 11) is 0. The van der Waals surface area contributed by atoms with Crippen molar-refractivity contribution in [2.45, 2.75) is 52.2 Å². The van der Waals surface area contributed by atoms with Crippen molar-refractivity contribution in [3.8, 4) is 5.75 Å². The van der Waals surface area contributed by atoms with Gasteiger partial charge in [-0.3, -0.25) is 0 Å². The molecule has 0 saturated heterocycles. The third-order valence-corrected chi connectivity index (χ3v) is 2.54. The van der Waals surface area contributed by atoms with Gasteiger partial charge in [0.05, 0.1) is 0 Å². The highest BCUT2D eigenvalue weighted by molar-refractivity contribution is 5.27. The fourth-order valence-corrected chi connectivity index (χ4v) is 1.93. The average Bonchev–Trinajstić information content (AvgIpc) is 2.16. The predicted molar refractivity (Wildman–Crippen MR) is 68.8 cm³/mol. The molecule has 0 amide bonds. The summed E-state index contributed by atoms with van der Waals surface area (Å²) < 4.78 is 5.93. The first-order chi connectivity index (χ1) is 7.43. The van der Waals surface area contributed by atoms with Gasteiger partial charge in [0, 0.05) is 12.5 Å². The third-order valence-electron chi connectivity index (χ3n) is 2.54. The van der Waals surface area contributed by atoms with Gasteiger partial charge in [0.25, 0.3) is 0 Å². The van der Waals surface area contributed by atoms with Gasteiger partial charge in [0.15, 0.2) is 0 Å². The standard InChI is InChI=1S/C14H23NO/c1-5-12-6-8-13(9-7-12)16-14(3,4)10-11(2)15/h6-9,11H,5,10,15H2,1-4H3. The van der Waals surface area contributed by atoms with E-state index in [9.17, 15) is 0 Å². The summed E-state index contributed by atoms with van der Waals surface area (Å²) in [6.45, 7) is 8.30. The molecule has 1 rings (SSSR count). The highest BCUT2D eigenvalue weighted by atomic mass is 16.5. The minimum atomic E-state index is -0.206. The van der Waals surface area contributed by atoms with Crippen LogP contribution in [0.25, 0.3) is 0 Å². The number of hydrogen-bond acceptors (Lipinski definition) is 2. The molecule has 1 atom stereocenters. The van der Waals surface area contributed by atoms with Crippen LogP contribution in [0.2, 0.25) is 0 Å². The molecular formula is C14H23NO. The van der Waals surface area contributed by atoms with Gasteiger partial charge < -0.3 is 10.5 Å². The first-order valence-corrected chi connectivity index (χ1v) is 5.96. The van der Waals surface area contributed by atoms with Gasteiger partial charge in [0.1, 0.15) is 11.4 Å². The van der Waals surface area contributed by atoms with Crippen molar-refractivity contribution in [2.24, 2.45) is 5.73 Å². The molecule has 2 N–H and O–H groups in total. The topological polar surface area (TPSA) is 35.2 Å². The van der Waals surface area contributed by atoms with Crippen molar-refractivity contribution >= 4 is 0 Å². The first kappa shape index (κ1) is 13.0. The molecule has 0 fully saturated rings. The lowest BCUT2D eigenvalue weighted by atomic mass is 10.0. The van der Waals surface area contributed by atoms with E-state index in [1.54, 1.807) is 0 Å². The minimum absolute atomic E-state index is 0.157. The lowest BCUT2D eigenvalue weighted by molar-refractivity contribution is 0.0933. The van der Waals surface area contributed by atoms with E-state index in [-0.39, 0.29) is 11.6 Å². The van der Waals surface area contributed by atoms with Crippen LogP contribution in [0.15, 0.2) is 24.3 Å². The molecule has 2 nitrogen and oxygen atoms in total. The average molecular weight is 221 g/mol. The van der Waals surface area contributed by atoms with Crippen molar-refractivity contribution in [1.82, 2.24) is 0 Å². The Morgan fingerprint density at radius 1 is 1.25 bits per heavy atom. The van der Waals surface area contributed by atoms with Gasteiger partial charge >= 0.3 is 0 Å². The van der Waals surface area contributed by atoms with E-state index in [0.29, 0.717) is 0 Å². The molecule has 0 spiro atoms. The van der Waals surface area contributed by atoms with Crippen LogP contribution in [0.3, 0.4) is 0 Å². The maximum absolute atomic E-state index is 5.93. The Kier molecular flexibility index (Phi) is 4.36. The van der Waals surface area contributed by atoms with Crippen LogP contribution in [0.1, 0.15) is 39.7 Å². The quantitative estimate of drug-likeness (QED) is 0.829. The third kappa shape index (κ3) is 4.23. The number of rotatable bonds is 5. The summed E-state index contributed by atoms with van der Waals surface area (Å²) in [6, 6.07) is 8.43. The van der Waals surface area contributed by atoms with E-state index in [1.807, 2.05) is 19.1 Å². The Morgan fingerprint density at radius 3 is 2.25 bits per heavy atom. The molecule has 0 saturated carbocycles. The lowest BCUT2D eigenvalue weighted by Crippen LogP contribution is -2.35. The van der Waals surface area contributed by atoms with E-state index >= 15 is 0 Å². The van der Waals surface area contributed by atoms with Crippen LogP contribution in [-0.4, -0.2) is 11.6 Å². The molecule has 1 aromatic rings. The van der Waals surface area contributed by atoms with Gasteiger partial charge in [-0.2, -0.15) is 0 Å². The second-order valence-corrected chi connectivity index (χ2v) is 5.04. The van der Waals surface area contributed by atoms with E-state index in [1.165, 1.54) is 5.56 Å². The molecule has 1 unspecified atom stereocenters. The molecule has 0 aliphatic rings. The number of ether oxygens (including phenoxy) is 1. The maximum atomic E-state index is 5.93. The van der Waals surface area contributed by atoms with Crippen molar-refractivity contribution in [2.75, 3.05) is 0 Å². The van der Waals surface area contributed by atoms with Gasteiger partial charge in [-0.1, -0.05) is 19.1 Å². The predicted octanol–water partition coefficient (Wildman–Crippen LogP) is 3.14. The Hall–Kier alpha value is -1.02. The molecule has 2 heteroatoms. The van der Waals surface area contributed by atoms with Crippen molar-refractivity contribution < 1.29 is 4.74 Å². The molecule has 1 aromatic carbocycles. The molecule has 0 radical (unpaired) electrons. The largest absolute Gasteiger partial charge is 0.488 e. The summed E-state index contributed by atoms with van der Waals surface area (Å²) in [6.07, 6.45) is 1.91. The summed E-state index contributed by atoms with van der Waals surface area (Å²) in [5, 5.41) is 0. The monoisotopic (exact) mass is 221 g/mol. The Labute approximate surface area is 98.8 Å². The fraction of sp³-hybridized carbons (Fsp3) is 0.571. The Morgan fingerprint density at radius 2 is 1.81 bits per heavy atom. The number of benzene rings is 1. The Bertz CT molecular complexity index is 314. The molecular weight excluding hydrogens is 198 g/mol. The van der Waals surface area contributed by atoms with E-state index < -0.39 is 0 Å². The number of hydrogen-bond donors (Lipinski definition) is 1. The zero-order valence-electron chi connectivity index (χ0n) is 10.8. The molecule has 0 aromatic heterocycles. The van der Waals surface area contributed by atoms with Gasteiger partial charge in [-0.25, -0.2) is 0 Å². The van der Waals surface area contributed by atoms with Crippen molar-refractivity contribution in [3.63, 3.8) is 0 Å². The zero-order chi connectivity index (χ0) is 12.2. The first-order valence-electron chi connectivity index (χ1n) is 5.96. The summed E-state index contributed by atoms with van der Waals surface area (Å²) in [5.41, 5.74) is 6.92. The van der Waals surface area contributed by atoms with Crippen LogP contribution in [0.5, 0.6) is 5.75 Å².